The van der Waals surface area contributed by atoms with E-state index in [-0.39, 0.29) is 5.91 Å². The maximum Gasteiger partial charge on any atom is 0.262 e. The van der Waals surface area contributed by atoms with Crippen molar-refractivity contribution in [3.63, 3.8) is 0 Å². The maximum atomic E-state index is 12.7. The van der Waals surface area contributed by atoms with Gasteiger partial charge in [-0.15, -0.1) is 0 Å². The molecule has 1 saturated heterocycles. The van der Waals surface area contributed by atoms with Crippen molar-refractivity contribution in [3.05, 3.63) is 35.0 Å². The van der Waals surface area contributed by atoms with Gasteiger partial charge in [0, 0.05) is 35.2 Å². The number of piperidine rings is 1. The summed E-state index contributed by atoms with van der Waals surface area (Å²) in [6, 6.07) is 5.95. The molecule has 0 atom stereocenters. The SMILES string of the molecule is Cc1[nH]c2ccc(C(=O)N(I)CCN3CCCCC3)cc2c1C. The Hall–Kier alpha value is -1.08. The largest absolute Gasteiger partial charge is 0.358 e. The topological polar surface area (TPSA) is 39.3 Å². The van der Waals surface area contributed by atoms with E-state index in [4.69, 9.17) is 0 Å². The predicted molar refractivity (Wildman–Crippen MR) is 103 cm³/mol. The van der Waals surface area contributed by atoms with Crippen LogP contribution >= 0.6 is 22.9 Å². The minimum Gasteiger partial charge on any atom is -0.358 e. The molecule has 0 spiro atoms. The molecule has 1 aromatic heterocycles. The molecule has 1 aliphatic rings. The first-order chi connectivity index (χ1) is 11.1. The quantitative estimate of drug-likeness (QED) is 0.593. The number of aryl methyl sites for hydroxylation is 2. The second kappa shape index (κ2) is 7.21. The smallest absolute Gasteiger partial charge is 0.262 e. The van der Waals surface area contributed by atoms with Crippen molar-refractivity contribution in [2.75, 3.05) is 26.2 Å². The standard InChI is InChI=1S/C18H24IN3O/c1-13-14(2)20-17-7-6-15(12-16(13)17)18(23)22(19)11-10-21-8-4-3-5-9-21/h6-7,12,20H,3-5,8-11H2,1-2H3. The van der Waals surface area contributed by atoms with E-state index in [1.165, 1.54) is 43.6 Å². The number of carbonyl (C=O) groups excluding carboxylic acids is 1. The van der Waals surface area contributed by atoms with Gasteiger partial charge in [0.25, 0.3) is 5.91 Å². The predicted octanol–water partition coefficient (Wildman–Crippen LogP) is 4.06. The number of fused-ring (bicyclic) bond motifs is 1. The Morgan fingerprint density at radius 1 is 1.26 bits per heavy atom. The summed E-state index contributed by atoms with van der Waals surface area (Å²) in [6.07, 6.45) is 3.93. The Kier molecular flexibility index (Phi) is 5.26. The average Bonchev–Trinajstić information content (AvgIpc) is 2.87. The first kappa shape index (κ1) is 16.8. The molecule has 1 N–H and O–H groups in total. The second-order valence-corrected chi connectivity index (χ2v) is 7.59. The van der Waals surface area contributed by atoms with Gasteiger partial charge in [-0.2, -0.15) is 0 Å². The number of benzene rings is 1. The van der Waals surface area contributed by atoms with Crippen LogP contribution in [0.3, 0.4) is 0 Å². The molecule has 0 radical (unpaired) electrons. The fourth-order valence-corrected chi connectivity index (χ4v) is 3.74. The van der Waals surface area contributed by atoms with Crippen LogP contribution in [0.2, 0.25) is 0 Å². The third kappa shape index (κ3) is 3.71. The Morgan fingerprint density at radius 2 is 2.00 bits per heavy atom. The Balaban J connectivity index is 1.67. The number of aromatic nitrogens is 1. The molecule has 2 heterocycles. The van der Waals surface area contributed by atoms with Crippen molar-refractivity contribution in [1.29, 1.82) is 0 Å². The molecule has 1 fully saturated rings. The van der Waals surface area contributed by atoms with Gasteiger partial charge in [0.15, 0.2) is 0 Å². The number of nitrogens with zero attached hydrogens (tertiary/aromatic N) is 2. The van der Waals surface area contributed by atoms with Gasteiger partial charge in [0.1, 0.15) is 0 Å². The van der Waals surface area contributed by atoms with E-state index < -0.39 is 0 Å². The molecule has 0 saturated carbocycles. The lowest BCUT2D eigenvalue weighted by Gasteiger charge is -2.27. The summed E-state index contributed by atoms with van der Waals surface area (Å²) in [5.74, 6) is 0.0998. The fourth-order valence-electron chi connectivity index (χ4n) is 3.25. The third-order valence-corrected chi connectivity index (χ3v) is 5.76. The number of aromatic amines is 1. The molecular formula is C18H24IN3O. The van der Waals surface area contributed by atoms with Crippen LogP contribution in [0, 0.1) is 13.8 Å². The van der Waals surface area contributed by atoms with Crippen LogP contribution in [-0.2, 0) is 0 Å². The molecule has 0 bridgehead atoms. The van der Waals surface area contributed by atoms with Gasteiger partial charge in [0.2, 0.25) is 0 Å². The third-order valence-electron chi connectivity index (χ3n) is 4.84. The van der Waals surface area contributed by atoms with Gasteiger partial charge in [-0.05, 0) is 63.5 Å². The Labute approximate surface area is 151 Å². The molecule has 23 heavy (non-hydrogen) atoms. The van der Waals surface area contributed by atoms with E-state index in [2.05, 4.69) is 46.6 Å². The number of likely N-dealkylation sites (tertiary alicyclic amines) is 1. The summed E-state index contributed by atoms with van der Waals surface area (Å²) in [4.78, 5) is 18.5. The van der Waals surface area contributed by atoms with Crippen LogP contribution in [0.4, 0.5) is 0 Å². The van der Waals surface area contributed by atoms with Gasteiger partial charge in [-0.3, -0.25) is 7.91 Å². The summed E-state index contributed by atoms with van der Waals surface area (Å²) >= 11 is 2.15. The van der Waals surface area contributed by atoms with Crippen LogP contribution in [0.5, 0.6) is 0 Å². The molecule has 2 aromatic rings. The molecule has 3 rings (SSSR count). The minimum atomic E-state index is 0.0998. The van der Waals surface area contributed by atoms with Crippen molar-refractivity contribution in [1.82, 2.24) is 13.0 Å². The summed E-state index contributed by atoms with van der Waals surface area (Å²) in [7, 11) is 0. The van der Waals surface area contributed by atoms with Crippen molar-refractivity contribution < 1.29 is 4.79 Å². The van der Waals surface area contributed by atoms with Gasteiger partial charge in [-0.25, -0.2) is 0 Å². The lowest BCUT2D eigenvalue weighted by Crippen LogP contribution is -2.36. The number of hydrogen-bond acceptors (Lipinski definition) is 2. The van der Waals surface area contributed by atoms with Crippen molar-refractivity contribution in [2.24, 2.45) is 0 Å². The number of rotatable bonds is 4. The highest BCUT2D eigenvalue weighted by molar-refractivity contribution is 14.1. The second-order valence-electron chi connectivity index (χ2n) is 6.43. The highest BCUT2D eigenvalue weighted by Crippen LogP contribution is 2.23. The zero-order valence-electron chi connectivity index (χ0n) is 13.9. The zero-order chi connectivity index (χ0) is 16.4. The average molecular weight is 425 g/mol. The Morgan fingerprint density at radius 3 is 2.74 bits per heavy atom. The molecule has 124 valence electrons. The zero-order valence-corrected chi connectivity index (χ0v) is 16.0. The van der Waals surface area contributed by atoms with Crippen molar-refractivity contribution >= 4 is 39.7 Å². The van der Waals surface area contributed by atoms with Crippen LogP contribution in [0.15, 0.2) is 18.2 Å². The lowest BCUT2D eigenvalue weighted by atomic mass is 10.1. The lowest BCUT2D eigenvalue weighted by molar-refractivity contribution is 0.0876. The van der Waals surface area contributed by atoms with Gasteiger partial charge >= 0.3 is 0 Å². The minimum absolute atomic E-state index is 0.0998. The summed E-state index contributed by atoms with van der Waals surface area (Å²) in [6.45, 7) is 8.27. The van der Waals surface area contributed by atoms with E-state index in [0.717, 1.165) is 29.6 Å². The number of hydrogen-bond donors (Lipinski definition) is 1. The van der Waals surface area contributed by atoms with Crippen LogP contribution < -0.4 is 0 Å². The monoisotopic (exact) mass is 425 g/mol. The number of nitrogens with one attached hydrogen (secondary N) is 1. The maximum absolute atomic E-state index is 12.7. The summed E-state index contributed by atoms with van der Waals surface area (Å²) in [5.41, 5.74) is 4.27. The van der Waals surface area contributed by atoms with Gasteiger partial charge < -0.3 is 9.88 Å². The highest BCUT2D eigenvalue weighted by Gasteiger charge is 2.17. The van der Waals surface area contributed by atoms with Gasteiger partial charge in [0.05, 0.1) is 22.9 Å². The molecule has 1 amide bonds. The first-order valence-electron chi connectivity index (χ1n) is 8.35. The summed E-state index contributed by atoms with van der Waals surface area (Å²) < 4.78 is 1.82. The number of H-pyrrole nitrogens is 1. The number of halogens is 1. The van der Waals surface area contributed by atoms with Crippen LogP contribution in [0.1, 0.15) is 40.9 Å². The van der Waals surface area contributed by atoms with Crippen molar-refractivity contribution in [2.45, 2.75) is 33.1 Å². The molecule has 1 aliphatic heterocycles. The fraction of sp³-hybridized carbons (Fsp3) is 0.500. The number of amides is 1. The molecule has 0 unspecified atom stereocenters. The summed E-state index contributed by atoms with van der Waals surface area (Å²) in [5, 5.41) is 1.15. The van der Waals surface area contributed by atoms with Gasteiger partial charge in [-0.1, -0.05) is 6.42 Å². The number of carbonyl (C=O) groups is 1. The normalized spacial score (nSPS) is 16.0. The van der Waals surface area contributed by atoms with Crippen LogP contribution in [0.25, 0.3) is 10.9 Å². The molecule has 1 aromatic carbocycles. The molecule has 0 aliphatic carbocycles. The molecule has 5 heteroatoms. The van der Waals surface area contributed by atoms with E-state index in [1.807, 2.05) is 21.3 Å². The highest BCUT2D eigenvalue weighted by atomic mass is 127. The van der Waals surface area contributed by atoms with Crippen LogP contribution in [-0.4, -0.2) is 45.1 Å². The Bertz CT molecular complexity index is 704. The van der Waals surface area contributed by atoms with E-state index >= 15 is 0 Å². The molecular weight excluding hydrogens is 401 g/mol. The van der Waals surface area contributed by atoms with E-state index in [9.17, 15) is 4.79 Å². The van der Waals surface area contributed by atoms with E-state index in [1.54, 1.807) is 0 Å². The van der Waals surface area contributed by atoms with Crippen molar-refractivity contribution in [3.8, 4) is 0 Å². The first-order valence-corrected chi connectivity index (χ1v) is 9.31. The molecule has 4 nitrogen and oxygen atoms in total. The van der Waals surface area contributed by atoms with E-state index in [0.29, 0.717) is 0 Å².